The predicted octanol–water partition coefficient (Wildman–Crippen LogP) is 4.04. The Hall–Kier alpha value is -3.37. The van der Waals surface area contributed by atoms with Crippen molar-refractivity contribution in [1.82, 2.24) is 15.0 Å². The molecule has 1 aromatic heterocycles. The van der Waals surface area contributed by atoms with E-state index in [0.717, 1.165) is 17.7 Å². The Morgan fingerprint density at radius 1 is 1.03 bits per heavy atom. The van der Waals surface area contributed by atoms with E-state index >= 15 is 0 Å². The van der Waals surface area contributed by atoms with Crippen LogP contribution in [0.25, 0.3) is 11.4 Å². The van der Waals surface area contributed by atoms with Gasteiger partial charge in [-0.15, -0.1) is 0 Å². The van der Waals surface area contributed by atoms with Gasteiger partial charge in [0.15, 0.2) is 11.5 Å². The van der Waals surface area contributed by atoms with E-state index < -0.39 is 0 Å². The summed E-state index contributed by atoms with van der Waals surface area (Å²) in [5.41, 5.74) is 2.57. The number of benzene rings is 2. The van der Waals surface area contributed by atoms with Gasteiger partial charge in [0.25, 0.3) is 0 Å². The van der Waals surface area contributed by atoms with Crippen LogP contribution in [-0.2, 0) is 13.1 Å². The molecule has 0 bridgehead atoms. The Kier molecular flexibility index (Phi) is 6.47. The fraction of sp³-hybridized carbons (Fsp3) is 0.318. The molecule has 7 nitrogen and oxygen atoms in total. The zero-order valence-corrected chi connectivity index (χ0v) is 17.0. The SMILES string of the molecule is COc1ccc(-c2noc(CN(Cc3ccc(C#N)cc3)C(C)C)n2)cc1OC. The van der Waals surface area contributed by atoms with Crippen molar-refractivity contribution in [2.45, 2.75) is 33.0 Å². The summed E-state index contributed by atoms with van der Waals surface area (Å²) in [7, 11) is 3.19. The minimum atomic E-state index is 0.280. The molecule has 0 atom stereocenters. The number of aromatic nitrogens is 2. The lowest BCUT2D eigenvalue weighted by atomic mass is 10.1. The summed E-state index contributed by atoms with van der Waals surface area (Å²) in [6, 6.07) is 15.5. The molecule has 3 rings (SSSR count). The van der Waals surface area contributed by atoms with Crippen molar-refractivity contribution >= 4 is 0 Å². The van der Waals surface area contributed by atoms with E-state index in [-0.39, 0.29) is 6.04 Å². The maximum Gasteiger partial charge on any atom is 0.241 e. The molecule has 0 radical (unpaired) electrons. The first-order valence-corrected chi connectivity index (χ1v) is 9.32. The monoisotopic (exact) mass is 392 g/mol. The Morgan fingerprint density at radius 2 is 1.76 bits per heavy atom. The highest BCUT2D eigenvalue weighted by molar-refractivity contribution is 5.60. The number of hydrogen-bond acceptors (Lipinski definition) is 7. The van der Waals surface area contributed by atoms with Crippen LogP contribution >= 0.6 is 0 Å². The third kappa shape index (κ3) is 4.92. The molecule has 150 valence electrons. The number of ether oxygens (including phenoxy) is 2. The van der Waals surface area contributed by atoms with Crippen LogP contribution in [0.2, 0.25) is 0 Å². The molecule has 2 aromatic carbocycles. The van der Waals surface area contributed by atoms with Gasteiger partial charge in [-0.25, -0.2) is 0 Å². The molecule has 1 heterocycles. The van der Waals surface area contributed by atoms with Crippen LogP contribution in [0, 0.1) is 11.3 Å². The third-order valence-electron chi connectivity index (χ3n) is 4.65. The standard InChI is InChI=1S/C22H24N4O3/c1-15(2)26(13-17-7-5-16(12-23)6-8-17)14-21-24-22(25-29-21)18-9-10-19(27-3)20(11-18)28-4/h5-11,15H,13-14H2,1-4H3. The fourth-order valence-electron chi connectivity index (χ4n) is 2.93. The molecule has 7 heteroatoms. The average Bonchev–Trinajstić information content (AvgIpc) is 3.21. The Labute approximate surface area is 170 Å². The topological polar surface area (TPSA) is 84.4 Å². The van der Waals surface area contributed by atoms with Crippen LogP contribution in [0.3, 0.4) is 0 Å². The smallest absolute Gasteiger partial charge is 0.241 e. The molecule has 0 aliphatic rings. The minimum Gasteiger partial charge on any atom is -0.493 e. The molecule has 0 saturated carbocycles. The maximum absolute atomic E-state index is 8.95. The normalized spacial score (nSPS) is 10.9. The van der Waals surface area contributed by atoms with Crippen molar-refractivity contribution in [2.24, 2.45) is 0 Å². The Morgan fingerprint density at radius 3 is 2.38 bits per heavy atom. The highest BCUT2D eigenvalue weighted by Gasteiger charge is 2.17. The van der Waals surface area contributed by atoms with E-state index in [4.69, 9.17) is 19.3 Å². The largest absolute Gasteiger partial charge is 0.493 e. The molecule has 0 spiro atoms. The molecule has 3 aromatic rings. The summed E-state index contributed by atoms with van der Waals surface area (Å²) in [5.74, 6) is 2.30. The number of nitrogens with zero attached hydrogens (tertiary/aromatic N) is 4. The zero-order valence-electron chi connectivity index (χ0n) is 17.0. The van der Waals surface area contributed by atoms with Crippen molar-refractivity contribution in [3.63, 3.8) is 0 Å². The second-order valence-electron chi connectivity index (χ2n) is 6.89. The number of rotatable bonds is 8. The summed E-state index contributed by atoms with van der Waals surface area (Å²) in [6.45, 7) is 5.49. The molecule has 0 saturated heterocycles. The summed E-state index contributed by atoms with van der Waals surface area (Å²) in [5, 5.41) is 13.1. The van der Waals surface area contributed by atoms with Gasteiger partial charge in [0.05, 0.1) is 32.4 Å². The maximum atomic E-state index is 8.95. The van der Waals surface area contributed by atoms with E-state index in [1.54, 1.807) is 14.2 Å². The van der Waals surface area contributed by atoms with E-state index in [9.17, 15) is 0 Å². The summed E-state index contributed by atoms with van der Waals surface area (Å²) < 4.78 is 16.1. The predicted molar refractivity (Wildman–Crippen MR) is 108 cm³/mol. The second-order valence-corrected chi connectivity index (χ2v) is 6.89. The van der Waals surface area contributed by atoms with Crippen molar-refractivity contribution in [3.05, 3.63) is 59.5 Å². The van der Waals surface area contributed by atoms with Crippen molar-refractivity contribution in [2.75, 3.05) is 14.2 Å². The minimum absolute atomic E-state index is 0.280. The van der Waals surface area contributed by atoms with Crippen LogP contribution in [0.5, 0.6) is 11.5 Å². The number of hydrogen-bond donors (Lipinski definition) is 0. The van der Waals surface area contributed by atoms with Gasteiger partial charge < -0.3 is 14.0 Å². The van der Waals surface area contributed by atoms with Crippen LogP contribution in [-0.4, -0.2) is 35.3 Å². The van der Waals surface area contributed by atoms with Crippen molar-refractivity contribution < 1.29 is 14.0 Å². The molecular weight excluding hydrogens is 368 g/mol. The highest BCUT2D eigenvalue weighted by Crippen LogP contribution is 2.31. The molecule has 29 heavy (non-hydrogen) atoms. The summed E-state index contributed by atoms with van der Waals surface area (Å²) >= 11 is 0. The second kappa shape index (κ2) is 9.22. The lowest BCUT2D eigenvalue weighted by Crippen LogP contribution is -2.30. The van der Waals surface area contributed by atoms with Crippen molar-refractivity contribution in [3.8, 4) is 29.0 Å². The van der Waals surface area contributed by atoms with Gasteiger partial charge in [-0.2, -0.15) is 10.2 Å². The van der Waals surface area contributed by atoms with Crippen LogP contribution in [0.15, 0.2) is 47.0 Å². The fourth-order valence-corrected chi connectivity index (χ4v) is 2.93. The molecule has 0 amide bonds. The van der Waals surface area contributed by atoms with E-state index in [0.29, 0.717) is 35.3 Å². The quantitative estimate of drug-likeness (QED) is 0.572. The van der Waals surface area contributed by atoms with Gasteiger partial charge in [0, 0.05) is 18.2 Å². The van der Waals surface area contributed by atoms with Crippen LogP contribution < -0.4 is 9.47 Å². The average molecular weight is 392 g/mol. The third-order valence-corrected chi connectivity index (χ3v) is 4.65. The van der Waals surface area contributed by atoms with Crippen molar-refractivity contribution in [1.29, 1.82) is 5.26 Å². The Balaban J connectivity index is 1.75. The van der Waals surface area contributed by atoms with E-state index in [1.165, 1.54) is 0 Å². The van der Waals surface area contributed by atoms with Crippen LogP contribution in [0.1, 0.15) is 30.9 Å². The first kappa shape index (κ1) is 20.4. The van der Waals surface area contributed by atoms with Gasteiger partial charge in [-0.05, 0) is 49.7 Å². The lowest BCUT2D eigenvalue weighted by Gasteiger charge is -2.24. The first-order valence-electron chi connectivity index (χ1n) is 9.32. The van der Waals surface area contributed by atoms with E-state index in [2.05, 4.69) is 35.0 Å². The number of methoxy groups -OCH3 is 2. The molecule has 0 unspecified atom stereocenters. The summed E-state index contributed by atoms with van der Waals surface area (Å²) in [6.07, 6.45) is 0. The molecule has 0 N–H and O–H groups in total. The molecule has 0 fully saturated rings. The van der Waals surface area contributed by atoms with Gasteiger partial charge in [0.1, 0.15) is 0 Å². The van der Waals surface area contributed by atoms with Crippen LogP contribution in [0.4, 0.5) is 0 Å². The van der Waals surface area contributed by atoms with Gasteiger partial charge in [-0.1, -0.05) is 17.3 Å². The van der Waals surface area contributed by atoms with Gasteiger partial charge >= 0.3 is 0 Å². The molecule has 0 aliphatic carbocycles. The van der Waals surface area contributed by atoms with E-state index in [1.807, 2.05) is 42.5 Å². The Bertz CT molecular complexity index is 990. The van der Waals surface area contributed by atoms with Gasteiger partial charge in [0.2, 0.25) is 11.7 Å². The first-order chi connectivity index (χ1) is 14.0. The summed E-state index contributed by atoms with van der Waals surface area (Å²) in [4.78, 5) is 6.77. The molecular formula is C22H24N4O3. The number of nitriles is 1. The zero-order chi connectivity index (χ0) is 20.8. The van der Waals surface area contributed by atoms with Gasteiger partial charge in [-0.3, -0.25) is 4.90 Å². The highest BCUT2D eigenvalue weighted by atomic mass is 16.5. The molecule has 0 aliphatic heterocycles. The lowest BCUT2D eigenvalue weighted by molar-refractivity contribution is 0.176.